The number of halogens is 3. The molecule has 0 saturated carbocycles. The molecule has 0 saturated heterocycles. The van der Waals surface area contributed by atoms with E-state index in [-0.39, 0.29) is 0 Å². The monoisotopic (exact) mass is 319 g/mol. The highest BCUT2D eigenvalue weighted by Gasteiger charge is 2.06. The lowest BCUT2D eigenvalue weighted by molar-refractivity contribution is 0.795. The van der Waals surface area contributed by atoms with E-state index in [9.17, 15) is 0 Å². The van der Waals surface area contributed by atoms with Gasteiger partial charge in [0.2, 0.25) is 0 Å². The molecule has 0 aliphatic rings. The van der Waals surface area contributed by atoms with Gasteiger partial charge in [-0.15, -0.1) is 16.7 Å². The number of hydrogen-bond donors (Lipinski definition) is 0. The van der Waals surface area contributed by atoms with Crippen LogP contribution in [-0.4, -0.2) is 20.9 Å². The maximum absolute atomic E-state index is 5.93. The summed E-state index contributed by atoms with van der Waals surface area (Å²) in [6.07, 6.45) is 2.55. The molecular weight excluding hydrogens is 313 g/mol. The Morgan fingerprint density at radius 3 is 2.94 bits per heavy atom. The molecule has 2 aromatic rings. The van der Waals surface area contributed by atoms with Gasteiger partial charge in [0.1, 0.15) is 0 Å². The van der Waals surface area contributed by atoms with Crippen molar-refractivity contribution in [3.05, 3.63) is 39.6 Å². The maximum atomic E-state index is 5.93. The molecule has 0 N–H and O–H groups in total. The maximum Gasteiger partial charge on any atom is 0.0843 e. The van der Waals surface area contributed by atoms with Crippen LogP contribution in [0.4, 0.5) is 0 Å². The molecule has 2 rings (SSSR count). The molecule has 0 spiro atoms. The Kier molecular flexibility index (Phi) is 3.84. The highest BCUT2D eigenvalue weighted by Crippen LogP contribution is 2.24. The van der Waals surface area contributed by atoms with E-state index in [0.717, 1.165) is 15.9 Å². The molecule has 0 amide bonds. The van der Waals surface area contributed by atoms with E-state index >= 15 is 0 Å². The van der Waals surface area contributed by atoms with E-state index in [1.807, 2.05) is 24.4 Å². The average Bonchev–Trinajstić information content (AvgIpc) is 2.71. The summed E-state index contributed by atoms with van der Waals surface area (Å²) in [5, 5.41) is 8.70. The van der Waals surface area contributed by atoms with E-state index in [1.54, 1.807) is 4.68 Å². The van der Waals surface area contributed by atoms with Gasteiger partial charge in [0.05, 0.1) is 17.6 Å². The second-order valence-corrected chi connectivity index (χ2v) is 4.86. The molecule has 0 unspecified atom stereocenters. The third kappa shape index (κ3) is 2.56. The number of alkyl halides is 1. The number of nitrogens with zero attached hydrogens (tertiary/aromatic N) is 3. The van der Waals surface area contributed by atoms with Gasteiger partial charge < -0.3 is 0 Å². The molecule has 1 aromatic heterocycles. The van der Waals surface area contributed by atoms with Gasteiger partial charge in [-0.2, -0.15) is 0 Å². The number of benzene rings is 1. The summed E-state index contributed by atoms with van der Waals surface area (Å²) >= 11 is 15.0. The van der Waals surface area contributed by atoms with Crippen molar-refractivity contribution in [2.75, 3.05) is 5.88 Å². The van der Waals surface area contributed by atoms with Crippen LogP contribution in [0.1, 0.15) is 5.69 Å². The topological polar surface area (TPSA) is 30.7 Å². The lowest BCUT2D eigenvalue weighted by Crippen LogP contribution is -1.95. The Bertz CT molecular complexity index is 499. The molecule has 0 fully saturated rings. The third-order valence-corrected chi connectivity index (χ3v) is 3.14. The molecule has 1 heterocycles. The molecular formula is C10H8BrCl2N3. The first-order chi connectivity index (χ1) is 7.70. The zero-order valence-electron chi connectivity index (χ0n) is 8.20. The summed E-state index contributed by atoms with van der Waals surface area (Å²) in [6.45, 7) is 0. The molecule has 0 aliphatic heterocycles. The van der Waals surface area contributed by atoms with Crippen molar-refractivity contribution in [1.82, 2.24) is 15.0 Å². The van der Waals surface area contributed by atoms with Crippen LogP contribution in [0.25, 0.3) is 5.69 Å². The van der Waals surface area contributed by atoms with Crippen LogP contribution in [0.15, 0.2) is 28.9 Å². The van der Waals surface area contributed by atoms with E-state index in [4.69, 9.17) is 23.2 Å². The summed E-state index contributed by atoms with van der Waals surface area (Å²) in [5.74, 6) is 0.537. The van der Waals surface area contributed by atoms with Gasteiger partial charge in [-0.05, 0) is 34.1 Å². The van der Waals surface area contributed by atoms with Crippen LogP contribution in [0.5, 0.6) is 0 Å². The van der Waals surface area contributed by atoms with E-state index in [0.29, 0.717) is 17.3 Å². The van der Waals surface area contributed by atoms with Gasteiger partial charge in [0.25, 0.3) is 0 Å². The number of rotatable bonds is 3. The van der Waals surface area contributed by atoms with E-state index in [1.165, 1.54) is 0 Å². The first-order valence-corrected chi connectivity index (χ1v) is 6.34. The highest BCUT2D eigenvalue weighted by atomic mass is 79.9. The lowest BCUT2D eigenvalue weighted by atomic mass is 10.3. The average molecular weight is 321 g/mol. The Hall–Kier alpha value is -0.580. The van der Waals surface area contributed by atoms with Crippen molar-refractivity contribution in [3.63, 3.8) is 0 Å². The largest absolute Gasteiger partial charge is 0.219 e. The first-order valence-electron chi connectivity index (χ1n) is 4.63. The summed E-state index contributed by atoms with van der Waals surface area (Å²) in [5.41, 5.74) is 1.72. The Balaban J connectivity index is 2.38. The Morgan fingerprint density at radius 2 is 2.19 bits per heavy atom. The van der Waals surface area contributed by atoms with Gasteiger partial charge in [-0.25, -0.2) is 4.68 Å². The van der Waals surface area contributed by atoms with Gasteiger partial charge in [-0.1, -0.05) is 16.8 Å². The molecule has 0 radical (unpaired) electrons. The molecule has 3 nitrogen and oxygen atoms in total. The molecule has 0 aliphatic carbocycles. The van der Waals surface area contributed by atoms with Crippen LogP contribution in [-0.2, 0) is 6.42 Å². The van der Waals surface area contributed by atoms with Crippen LogP contribution in [0, 0.1) is 0 Å². The van der Waals surface area contributed by atoms with Gasteiger partial charge >= 0.3 is 0 Å². The van der Waals surface area contributed by atoms with Crippen LogP contribution in [0.2, 0.25) is 5.02 Å². The smallest absolute Gasteiger partial charge is 0.0843 e. The fourth-order valence-corrected chi connectivity index (χ4v) is 2.08. The zero-order chi connectivity index (χ0) is 11.5. The quantitative estimate of drug-likeness (QED) is 0.811. The summed E-state index contributed by atoms with van der Waals surface area (Å²) in [7, 11) is 0. The lowest BCUT2D eigenvalue weighted by Gasteiger charge is -2.03. The minimum atomic E-state index is 0.537. The van der Waals surface area contributed by atoms with Crippen molar-refractivity contribution < 1.29 is 0 Å². The SMILES string of the molecule is ClCCc1cn(-c2cc(Cl)ccc2Br)nn1. The standard InChI is InChI=1S/C10H8BrCl2N3/c11-9-2-1-7(13)5-10(9)16-6-8(3-4-12)14-15-16/h1-2,5-6H,3-4H2. The normalized spacial score (nSPS) is 10.7. The predicted molar refractivity (Wildman–Crippen MR) is 68.5 cm³/mol. The van der Waals surface area contributed by atoms with E-state index in [2.05, 4.69) is 26.2 Å². The van der Waals surface area contributed by atoms with Crippen molar-refractivity contribution in [2.45, 2.75) is 6.42 Å². The fourth-order valence-electron chi connectivity index (χ4n) is 1.29. The minimum Gasteiger partial charge on any atom is -0.219 e. The molecule has 16 heavy (non-hydrogen) atoms. The predicted octanol–water partition coefficient (Wildman–Crippen LogP) is 3.46. The Morgan fingerprint density at radius 1 is 1.38 bits per heavy atom. The molecule has 6 heteroatoms. The second-order valence-electron chi connectivity index (χ2n) is 3.19. The third-order valence-electron chi connectivity index (χ3n) is 2.05. The van der Waals surface area contributed by atoms with Gasteiger partial charge in [0, 0.05) is 21.8 Å². The zero-order valence-corrected chi connectivity index (χ0v) is 11.3. The number of aryl methyl sites for hydroxylation is 1. The van der Waals surface area contributed by atoms with Crippen LogP contribution in [0.3, 0.4) is 0 Å². The van der Waals surface area contributed by atoms with Crippen molar-refractivity contribution in [3.8, 4) is 5.69 Å². The molecule has 0 bridgehead atoms. The van der Waals surface area contributed by atoms with Crippen molar-refractivity contribution in [1.29, 1.82) is 0 Å². The highest BCUT2D eigenvalue weighted by molar-refractivity contribution is 9.10. The first kappa shape index (κ1) is 11.9. The van der Waals surface area contributed by atoms with Crippen molar-refractivity contribution in [2.24, 2.45) is 0 Å². The summed E-state index contributed by atoms with van der Waals surface area (Å²) in [6, 6.07) is 5.51. The van der Waals surface area contributed by atoms with Gasteiger partial charge in [0.15, 0.2) is 0 Å². The fraction of sp³-hybridized carbons (Fsp3) is 0.200. The molecule has 84 valence electrons. The number of aromatic nitrogens is 3. The van der Waals surface area contributed by atoms with E-state index < -0.39 is 0 Å². The Labute approximate surface area is 111 Å². The summed E-state index contributed by atoms with van der Waals surface area (Å²) in [4.78, 5) is 0. The second kappa shape index (κ2) is 5.17. The van der Waals surface area contributed by atoms with Crippen molar-refractivity contribution >= 4 is 39.1 Å². The van der Waals surface area contributed by atoms with Crippen LogP contribution >= 0.6 is 39.1 Å². The minimum absolute atomic E-state index is 0.537. The van der Waals surface area contributed by atoms with Gasteiger partial charge in [-0.3, -0.25) is 0 Å². The summed E-state index contributed by atoms with van der Waals surface area (Å²) < 4.78 is 2.59. The molecule has 0 atom stereocenters. The number of hydrogen-bond acceptors (Lipinski definition) is 2. The molecule has 1 aromatic carbocycles. The van der Waals surface area contributed by atoms with Crippen LogP contribution < -0.4 is 0 Å².